The quantitative estimate of drug-likeness (QED) is 0.169. The Bertz CT molecular complexity index is 659. The number of hydrogen-bond acceptors (Lipinski definition) is 5. The molecule has 0 radical (unpaired) electrons. The highest BCUT2D eigenvalue weighted by molar-refractivity contribution is 7.09. The fourth-order valence-corrected chi connectivity index (χ4v) is 4.88. The fourth-order valence-electron chi connectivity index (χ4n) is 3.99. The lowest BCUT2D eigenvalue weighted by Gasteiger charge is -2.36. The first-order valence-corrected chi connectivity index (χ1v) is 13.7. The lowest BCUT2D eigenvalue weighted by molar-refractivity contribution is -0.135. The van der Waals surface area contributed by atoms with E-state index < -0.39 is 0 Å². The van der Waals surface area contributed by atoms with E-state index in [-0.39, 0.29) is 23.8 Å². The largest absolute Gasteiger partial charge is 0.371 e. The second-order valence-corrected chi connectivity index (χ2v) is 9.88. The molecule has 2 unspecified atom stereocenters. The number of unbranched alkanes of at least 4 members (excludes halogenated alkanes) is 4. The summed E-state index contributed by atoms with van der Waals surface area (Å²) in [6, 6.07) is 0.0937. The molecule has 1 amide bonds. The van der Waals surface area contributed by atoms with Crippen LogP contribution in [-0.2, 0) is 9.53 Å². The molecule has 0 bridgehead atoms. The molecule has 1 heterocycles. The topological polar surface area (TPSA) is 59.5 Å². The van der Waals surface area contributed by atoms with Crippen molar-refractivity contribution in [3.8, 4) is 0 Å². The molecule has 0 saturated heterocycles. The van der Waals surface area contributed by atoms with Crippen LogP contribution in [0.2, 0.25) is 0 Å². The molecule has 0 fully saturated rings. The Labute approximate surface area is 200 Å². The smallest absolute Gasteiger partial charge is 0.222 e. The second kappa shape index (κ2) is 16.4. The van der Waals surface area contributed by atoms with Gasteiger partial charge in [0.05, 0.1) is 0 Å². The van der Waals surface area contributed by atoms with Gasteiger partial charge in [-0.25, -0.2) is 4.98 Å². The molecule has 1 rings (SSSR count). The summed E-state index contributed by atoms with van der Waals surface area (Å²) in [5.41, 5.74) is 0.549. The monoisotopic (exact) mass is 466 g/mol. The molecule has 1 aromatic rings. The molecule has 0 aliphatic heterocycles. The molecule has 1 aromatic heterocycles. The van der Waals surface area contributed by atoms with E-state index in [1.165, 1.54) is 24.2 Å². The van der Waals surface area contributed by atoms with Crippen LogP contribution < -0.4 is 0 Å². The van der Waals surface area contributed by atoms with Crippen LogP contribution in [0, 0.1) is 5.92 Å². The van der Waals surface area contributed by atoms with Crippen molar-refractivity contribution in [2.45, 2.75) is 118 Å². The van der Waals surface area contributed by atoms with Crippen molar-refractivity contribution in [2.75, 3.05) is 13.2 Å². The van der Waals surface area contributed by atoms with E-state index in [2.05, 4.69) is 37.6 Å². The van der Waals surface area contributed by atoms with Crippen LogP contribution in [0.4, 0.5) is 0 Å². The molecule has 0 aromatic carbocycles. The fraction of sp³-hybridized carbons (Fsp3) is 0.808. The Kier molecular flexibility index (Phi) is 14.7. The number of rotatable bonds is 18. The van der Waals surface area contributed by atoms with Crippen LogP contribution in [0.25, 0.3) is 0 Å². The van der Waals surface area contributed by atoms with Crippen molar-refractivity contribution in [3.05, 3.63) is 16.1 Å². The molecular formula is C26H46N2O3S. The zero-order valence-electron chi connectivity index (χ0n) is 21.3. The number of Topliss-reactive ketones (excluding diaryl/α,β-unsaturated/α-hetero) is 1. The number of nitrogens with zero attached hydrogens (tertiary/aromatic N) is 2. The van der Waals surface area contributed by atoms with Crippen molar-refractivity contribution in [1.82, 2.24) is 9.88 Å². The van der Waals surface area contributed by atoms with Crippen LogP contribution in [-0.4, -0.2) is 40.8 Å². The molecule has 0 aliphatic rings. The van der Waals surface area contributed by atoms with Crippen LogP contribution in [0.1, 0.15) is 127 Å². The van der Waals surface area contributed by atoms with Gasteiger partial charge in [-0.05, 0) is 32.1 Å². The van der Waals surface area contributed by atoms with Gasteiger partial charge in [0.25, 0.3) is 0 Å². The average molecular weight is 467 g/mol. The lowest BCUT2D eigenvalue weighted by atomic mass is 9.95. The van der Waals surface area contributed by atoms with Gasteiger partial charge in [-0.2, -0.15) is 0 Å². The highest BCUT2D eigenvalue weighted by atomic mass is 32.1. The van der Waals surface area contributed by atoms with E-state index in [0.717, 1.165) is 43.7 Å². The van der Waals surface area contributed by atoms with E-state index in [9.17, 15) is 9.59 Å². The number of amides is 1. The minimum atomic E-state index is -0.197. The van der Waals surface area contributed by atoms with Crippen molar-refractivity contribution < 1.29 is 14.3 Å². The van der Waals surface area contributed by atoms with Crippen molar-refractivity contribution in [2.24, 2.45) is 5.92 Å². The maximum absolute atomic E-state index is 13.2. The molecule has 0 spiro atoms. The lowest BCUT2D eigenvalue weighted by Crippen LogP contribution is -2.45. The van der Waals surface area contributed by atoms with E-state index in [1.54, 1.807) is 0 Å². The number of hydrogen-bond donors (Lipinski definition) is 0. The second-order valence-electron chi connectivity index (χ2n) is 8.99. The first-order valence-electron chi connectivity index (χ1n) is 12.8. The van der Waals surface area contributed by atoms with Gasteiger partial charge in [0, 0.05) is 43.8 Å². The SMILES string of the molecule is CCCCCCN(C(=O)CCCC)C(CC(OCC)c1nc(C(=O)CCC)cs1)C(C)C. The first kappa shape index (κ1) is 28.8. The number of ketones is 1. The van der Waals surface area contributed by atoms with Gasteiger partial charge in [0.1, 0.15) is 16.8 Å². The summed E-state index contributed by atoms with van der Waals surface area (Å²) in [6.07, 6.45) is 9.02. The Morgan fingerprint density at radius 3 is 2.31 bits per heavy atom. The van der Waals surface area contributed by atoms with Crippen LogP contribution >= 0.6 is 11.3 Å². The van der Waals surface area contributed by atoms with Crippen molar-refractivity contribution in [3.63, 3.8) is 0 Å². The predicted molar refractivity (Wildman–Crippen MR) is 134 cm³/mol. The van der Waals surface area contributed by atoms with Crippen molar-refractivity contribution in [1.29, 1.82) is 0 Å². The molecule has 0 aliphatic carbocycles. The van der Waals surface area contributed by atoms with Gasteiger partial charge >= 0.3 is 0 Å². The van der Waals surface area contributed by atoms with Crippen LogP contribution in [0.3, 0.4) is 0 Å². The number of ether oxygens (including phenoxy) is 1. The average Bonchev–Trinajstić information content (AvgIpc) is 3.26. The highest BCUT2D eigenvalue weighted by Gasteiger charge is 2.30. The Morgan fingerprint density at radius 1 is 1.00 bits per heavy atom. The normalized spacial score (nSPS) is 13.3. The van der Waals surface area contributed by atoms with Gasteiger partial charge < -0.3 is 9.64 Å². The van der Waals surface area contributed by atoms with Gasteiger partial charge in [0.2, 0.25) is 5.91 Å². The summed E-state index contributed by atoms with van der Waals surface area (Å²) in [5.74, 6) is 0.670. The van der Waals surface area contributed by atoms with E-state index in [0.29, 0.717) is 37.5 Å². The maximum Gasteiger partial charge on any atom is 0.222 e. The van der Waals surface area contributed by atoms with Crippen molar-refractivity contribution >= 4 is 23.0 Å². The summed E-state index contributed by atoms with van der Waals surface area (Å²) >= 11 is 1.50. The molecular weight excluding hydrogens is 420 g/mol. The minimum absolute atomic E-state index is 0.0937. The first-order chi connectivity index (χ1) is 15.4. The zero-order valence-corrected chi connectivity index (χ0v) is 22.1. The standard InChI is InChI=1S/C26H46N2O3S/c1-7-11-13-14-17-28(25(30)16-12-8-2)22(20(5)6)18-24(31-10-4)26-27-21(19-32-26)23(29)15-9-3/h19-20,22,24H,7-18H2,1-6H3. The molecule has 5 nitrogen and oxygen atoms in total. The Balaban J connectivity index is 3.07. The predicted octanol–water partition coefficient (Wildman–Crippen LogP) is 7.22. The highest BCUT2D eigenvalue weighted by Crippen LogP contribution is 2.31. The summed E-state index contributed by atoms with van der Waals surface area (Å²) < 4.78 is 6.11. The molecule has 2 atom stereocenters. The molecule has 6 heteroatoms. The van der Waals surface area contributed by atoms with E-state index in [4.69, 9.17) is 4.74 Å². The van der Waals surface area contributed by atoms with Gasteiger partial charge in [-0.1, -0.05) is 60.3 Å². The summed E-state index contributed by atoms with van der Waals surface area (Å²) in [6.45, 7) is 14.1. The third-order valence-electron chi connectivity index (χ3n) is 5.87. The summed E-state index contributed by atoms with van der Waals surface area (Å²) in [5, 5.41) is 2.71. The van der Waals surface area contributed by atoms with E-state index >= 15 is 0 Å². The number of thiazole rings is 1. The summed E-state index contributed by atoms with van der Waals surface area (Å²) in [7, 11) is 0. The molecule has 0 N–H and O–H groups in total. The van der Waals surface area contributed by atoms with Crippen LogP contribution in [0.5, 0.6) is 0 Å². The maximum atomic E-state index is 13.2. The van der Waals surface area contributed by atoms with Gasteiger partial charge in [0.15, 0.2) is 5.78 Å². The molecule has 32 heavy (non-hydrogen) atoms. The van der Waals surface area contributed by atoms with Gasteiger partial charge in [-0.15, -0.1) is 11.3 Å². The minimum Gasteiger partial charge on any atom is -0.371 e. The zero-order chi connectivity index (χ0) is 23.9. The van der Waals surface area contributed by atoms with Crippen LogP contribution in [0.15, 0.2) is 5.38 Å². The third kappa shape index (κ3) is 9.70. The number of carbonyl (C=O) groups is 2. The molecule has 184 valence electrons. The van der Waals surface area contributed by atoms with Gasteiger partial charge in [-0.3, -0.25) is 9.59 Å². The Hall–Kier alpha value is -1.27. The number of carbonyl (C=O) groups excluding carboxylic acids is 2. The van der Waals surface area contributed by atoms with E-state index in [1.807, 2.05) is 19.2 Å². The number of aromatic nitrogens is 1. The molecule has 0 saturated carbocycles. The summed E-state index contributed by atoms with van der Waals surface area (Å²) in [4.78, 5) is 32.2. The third-order valence-corrected chi connectivity index (χ3v) is 6.81. The Morgan fingerprint density at radius 2 is 1.72 bits per heavy atom.